The second-order valence-corrected chi connectivity index (χ2v) is 4.83. The van der Waals surface area contributed by atoms with Crippen LogP contribution in [0.1, 0.15) is 27.0 Å². The summed E-state index contributed by atoms with van der Waals surface area (Å²) in [5.41, 5.74) is 6.33. The standard InChI is InChI=1S/C16H15F2NO2/c1-8-4-10(5-9(2)16(8)21-3)15(20)12-6-11(17)7-13(19)14(12)18/h4-7H,19H2,1-3H3. The maximum Gasteiger partial charge on any atom is 0.196 e. The molecule has 2 aromatic carbocycles. The monoisotopic (exact) mass is 291 g/mol. The fraction of sp³-hybridized carbons (Fsp3) is 0.188. The van der Waals surface area contributed by atoms with Crippen molar-refractivity contribution in [1.29, 1.82) is 0 Å². The van der Waals surface area contributed by atoms with E-state index in [4.69, 9.17) is 10.5 Å². The van der Waals surface area contributed by atoms with E-state index in [1.54, 1.807) is 26.0 Å². The van der Waals surface area contributed by atoms with E-state index in [9.17, 15) is 13.6 Å². The number of methoxy groups -OCH3 is 1. The third kappa shape index (κ3) is 2.72. The summed E-state index contributed by atoms with van der Waals surface area (Å²) in [5, 5.41) is 0. The Morgan fingerprint density at radius 2 is 1.67 bits per heavy atom. The zero-order chi connectivity index (χ0) is 15.7. The smallest absolute Gasteiger partial charge is 0.196 e. The van der Waals surface area contributed by atoms with Crippen molar-refractivity contribution in [3.63, 3.8) is 0 Å². The summed E-state index contributed by atoms with van der Waals surface area (Å²) in [4.78, 5) is 12.4. The lowest BCUT2D eigenvalue weighted by atomic mass is 9.97. The van der Waals surface area contributed by atoms with Gasteiger partial charge >= 0.3 is 0 Å². The van der Waals surface area contributed by atoms with Crippen LogP contribution in [0.4, 0.5) is 14.5 Å². The van der Waals surface area contributed by atoms with E-state index in [2.05, 4.69) is 0 Å². The number of hydrogen-bond donors (Lipinski definition) is 1. The number of ketones is 1. The summed E-state index contributed by atoms with van der Waals surface area (Å²) in [6, 6.07) is 4.85. The predicted octanol–water partition coefficient (Wildman–Crippen LogP) is 3.40. The van der Waals surface area contributed by atoms with Gasteiger partial charge < -0.3 is 10.5 Å². The summed E-state index contributed by atoms with van der Waals surface area (Å²) < 4.78 is 32.5. The van der Waals surface area contributed by atoms with Gasteiger partial charge in [-0.05, 0) is 49.2 Å². The number of ether oxygens (including phenoxy) is 1. The van der Waals surface area contributed by atoms with Gasteiger partial charge in [0.1, 0.15) is 11.6 Å². The Kier molecular flexibility index (Phi) is 3.93. The number of nitrogen functional groups attached to an aromatic ring is 1. The molecule has 0 atom stereocenters. The summed E-state index contributed by atoms with van der Waals surface area (Å²) >= 11 is 0. The summed E-state index contributed by atoms with van der Waals surface area (Å²) in [7, 11) is 1.53. The molecule has 2 rings (SSSR count). The zero-order valence-electron chi connectivity index (χ0n) is 12.0. The SMILES string of the molecule is COc1c(C)cc(C(=O)c2cc(F)cc(N)c2F)cc1C. The minimum absolute atomic E-state index is 0.259. The Labute approximate surface area is 121 Å². The molecule has 0 aromatic heterocycles. The molecule has 0 saturated carbocycles. The van der Waals surface area contributed by atoms with Crippen LogP contribution >= 0.6 is 0 Å². The Hall–Kier alpha value is -2.43. The Morgan fingerprint density at radius 3 is 2.19 bits per heavy atom. The van der Waals surface area contributed by atoms with Crippen LogP contribution in [0, 0.1) is 25.5 Å². The van der Waals surface area contributed by atoms with Gasteiger partial charge in [0, 0.05) is 5.56 Å². The number of nitrogens with two attached hydrogens (primary N) is 1. The molecule has 0 heterocycles. The summed E-state index contributed by atoms with van der Waals surface area (Å²) in [6.45, 7) is 3.55. The van der Waals surface area contributed by atoms with Crippen molar-refractivity contribution in [2.24, 2.45) is 0 Å². The second-order valence-electron chi connectivity index (χ2n) is 4.83. The van der Waals surface area contributed by atoms with Gasteiger partial charge in [0.2, 0.25) is 0 Å². The van der Waals surface area contributed by atoms with Crippen molar-refractivity contribution in [2.45, 2.75) is 13.8 Å². The van der Waals surface area contributed by atoms with Crippen LogP contribution in [0.3, 0.4) is 0 Å². The van der Waals surface area contributed by atoms with Gasteiger partial charge in [-0.3, -0.25) is 4.79 Å². The summed E-state index contributed by atoms with van der Waals surface area (Å²) in [5.74, 6) is -1.62. The number of carbonyl (C=O) groups is 1. The molecule has 0 fully saturated rings. The lowest BCUT2D eigenvalue weighted by molar-refractivity contribution is 0.103. The van der Waals surface area contributed by atoms with Crippen molar-refractivity contribution >= 4 is 11.5 Å². The number of benzene rings is 2. The molecule has 0 radical (unpaired) electrons. The zero-order valence-corrected chi connectivity index (χ0v) is 12.0. The number of anilines is 1. The van der Waals surface area contributed by atoms with Crippen molar-refractivity contribution in [1.82, 2.24) is 0 Å². The molecule has 21 heavy (non-hydrogen) atoms. The highest BCUT2D eigenvalue weighted by molar-refractivity contribution is 6.10. The fourth-order valence-electron chi connectivity index (χ4n) is 2.33. The van der Waals surface area contributed by atoms with Gasteiger partial charge in [0.05, 0.1) is 18.4 Å². The fourth-order valence-corrected chi connectivity index (χ4v) is 2.33. The van der Waals surface area contributed by atoms with Gasteiger partial charge in [-0.2, -0.15) is 0 Å². The minimum Gasteiger partial charge on any atom is -0.496 e. The molecule has 0 aliphatic heterocycles. The molecular formula is C16H15F2NO2. The topological polar surface area (TPSA) is 52.3 Å². The maximum atomic E-state index is 13.9. The van der Waals surface area contributed by atoms with Gasteiger partial charge in [-0.1, -0.05) is 0 Å². The molecule has 5 heteroatoms. The molecule has 0 aliphatic carbocycles. The molecule has 0 saturated heterocycles. The maximum absolute atomic E-state index is 13.9. The molecule has 0 spiro atoms. The molecule has 0 bridgehead atoms. The van der Waals surface area contributed by atoms with E-state index in [1.165, 1.54) is 7.11 Å². The molecule has 0 amide bonds. The second kappa shape index (κ2) is 5.52. The van der Waals surface area contributed by atoms with Gasteiger partial charge in [0.15, 0.2) is 11.6 Å². The van der Waals surface area contributed by atoms with Crippen molar-refractivity contribution in [2.75, 3.05) is 12.8 Å². The normalized spacial score (nSPS) is 10.5. The molecule has 110 valence electrons. The molecule has 2 N–H and O–H groups in total. The Morgan fingerprint density at radius 1 is 1.10 bits per heavy atom. The van der Waals surface area contributed by atoms with E-state index in [-0.39, 0.29) is 16.8 Å². The van der Waals surface area contributed by atoms with Crippen LogP contribution < -0.4 is 10.5 Å². The molecule has 2 aromatic rings. The molecule has 3 nitrogen and oxygen atoms in total. The van der Waals surface area contributed by atoms with Gasteiger partial charge in [-0.25, -0.2) is 8.78 Å². The molecule has 0 aliphatic rings. The van der Waals surface area contributed by atoms with Crippen LogP contribution in [0.25, 0.3) is 0 Å². The predicted molar refractivity (Wildman–Crippen MR) is 76.7 cm³/mol. The third-order valence-electron chi connectivity index (χ3n) is 3.24. The van der Waals surface area contributed by atoms with Crippen LogP contribution in [-0.4, -0.2) is 12.9 Å². The molecule has 0 unspecified atom stereocenters. The van der Waals surface area contributed by atoms with Gasteiger partial charge in [-0.15, -0.1) is 0 Å². The van der Waals surface area contributed by atoms with E-state index >= 15 is 0 Å². The lowest BCUT2D eigenvalue weighted by Gasteiger charge is -2.11. The third-order valence-corrected chi connectivity index (χ3v) is 3.24. The van der Waals surface area contributed by atoms with E-state index in [0.29, 0.717) is 5.75 Å². The minimum atomic E-state index is -0.910. The first kappa shape index (κ1) is 15.0. The highest BCUT2D eigenvalue weighted by Gasteiger charge is 2.19. The van der Waals surface area contributed by atoms with E-state index in [0.717, 1.165) is 23.3 Å². The Balaban J connectivity index is 2.56. The quantitative estimate of drug-likeness (QED) is 0.696. The van der Waals surface area contributed by atoms with Crippen molar-refractivity contribution in [3.05, 3.63) is 58.2 Å². The van der Waals surface area contributed by atoms with Crippen LogP contribution in [0.2, 0.25) is 0 Å². The largest absolute Gasteiger partial charge is 0.496 e. The van der Waals surface area contributed by atoms with Crippen LogP contribution in [0.15, 0.2) is 24.3 Å². The number of rotatable bonds is 3. The number of aryl methyl sites for hydroxylation is 2. The first-order valence-corrected chi connectivity index (χ1v) is 6.29. The van der Waals surface area contributed by atoms with Crippen LogP contribution in [0.5, 0.6) is 5.75 Å². The van der Waals surface area contributed by atoms with Crippen molar-refractivity contribution < 1.29 is 18.3 Å². The summed E-state index contributed by atoms with van der Waals surface area (Å²) in [6.07, 6.45) is 0. The lowest BCUT2D eigenvalue weighted by Crippen LogP contribution is -2.08. The first-order valence-electron chi connectivity index (χ1n) is 6.29. The number of hydrogen-bond acceptors (Lipinski definition) is 3. The first-order chi connectivity index (χ1) is 9.85. The average molecular weight is 291 g/mol. The molecular weight excluding hydrogens is 276 g/mol. The highest BCUT2D eigenvalue weighted by atomic mass is 19.1. The highest BCUT2D eigenvalue weighted by Crippen LogP contribution is 2.27. The van der Waals surface area contributed by atoms with E-state index in [1.807, 2.05) is 0 Å². The van der Waals surface area contributed by atoms with Crippen molar-refractivity contribution in [3.8, 4) is 5.75 Å². The van der Waals surface area contributed by atoms with Gasteiger partial charge in [0.25, 0.3) is 0 Å². The average Bonchev–Trinajstić information content (AvgIpc) is 2.41. The number of halogens is 2. The Bertz CT molecular complexity index is 703. The number of carbonyl (C=O) groups excluding carboxylic acids is 1. The van der Waals surface area contributed by atoms with E-state index < -0.39 is 17.4 Å². The van der Waals surface area contributed by atoms with Crippen LogP contribution in [-0.2, 0) is 0 Å².